The highest BCUT2D eigenvalue weighted by molar-refractivity contribution is 6.16. The van der Waals surface area contributed by atoms with Gasteiger partial charge in [0.05, 0.1) is 25.3 Å². The quantitative estimate of drug-likeness (QED) is 0.347. The molecule has 164 valence electrons. The number of methoxy groups -OCH3 is 2. The fraction of sp³-hybridized carbons (Fsp3) is 0.182. The third kappa shape index (κ3) is 3.41. The van der Waals surface area contributed by atoms with Crippen molar-refractivity contribution in [3.63, 3.8) is 0 Å². The van der Waals surface area contributed by atoms with Crippen molar-refractivity contribution >= 4 is 23.5 Å². The van der Waals surface area contributed by atoms with Crippen LogP contribution in [0.5, 0.6) is 17.2 Å². The number of benzene rings is 2. The SMILES string of the molecule is COc1ccc([C@H]2c3c(nc(N)[nH]c3=O)NC(=O)[C@H]2C(=O)c2ccccc2O)cc1OC. The lowest BCUT2D eigenvalue weighted by Gasteiger charge is -2.31. The molecular weight excluding hydrogens is 416 g/mol. The summed E-state index contributed by atoms with van der Waals surface area (Å²) < 4.78 is 10.6. The van der Waals surface area contributed by atoms with E-state index in [0.29, 0.717) is 17.1 Å². The molecule has 0 unspecified atom stereocenters. The first-order valence-corrected chi connectivity index (χ1v) is 9.60. The van der Waals surface area contributed by atoms with Gasteiger partial charge in [0.2, 0.25) is 11.9 Å². The molecule has 0 saturated heterocycles. The van der Waals surface area contributed by atoms with Crippen molar-refractivity contribution in [1.82, 2.24) is 9.97 Å². The number of H-pyrrole nitrogens is 1. The maximum Gasteiger partial charge on any atom is 0.258 e. The van der Waals surface area contributed by atoms with Gasteiger partial charge in [-0.05, 0) is 29.8 Å². The van der Waals surface area contributed by atoms with Crippen LogP contribution in [0.2, 0.25) is 0 Å². The van der Waals surface area contributed by atoms with Gasteiger partial charge in [-0.2, -0.15) is 4.98 Å². The van der Waals surface area contributed by atoms with Gasteiger partial charge in [0.15, 0.2) is 17.3 Å². The number of hydrogen-bond donors (Lipinski definition) is 4. The van der Waals surface area contributed by atoms with Crippen LogP contribution in [0.1, 0.15) is 27.4 Å². The number of nitrogen functional groups attached to an aromatic ring is 1. The molecule has 0 fully saturated rings. The summed E-state index contributed by atoms with van der Waals surface area (Å²) in [4.78, 5) is 45.9. The number of para-hydroxylation sites is 1. The summed E-state index contributed by atoms with van der Waals surface area (Å²) in [6.45, 7) is 0. The number of carbonyl (C=O) groups is 2. The number of rotatable bonds is 5. The highest BCUT2D eigenvalue weighted by atomic mass is 16.5. The molecule has 1 aliphatic rings. The number of ketones is 1. The number of nitrogens with zero attached hydrogens (tertiary/aromatic N) is 1. The molecule has 10 heteroatoms. The lowest BCUT2D eigenvalue weighted by molar-refractivity contribution is -0.119. The van der Waals surface area contributed by atoms with Crippen LogP contribution in [0.15, 0.2) is 47.3 Å². The number of fused-ring (bicyclic) bond motifs is 1. The van der Waals surface area contributed by atoms with Gasteiger partial charge in [-0.1, -0.05) is 18.2 Å². The topological polar surface area (TPSA) is 157 Å². The van der Waals surface area contributed by atoms with E-state index in [4.69, 9.17) is 15.2 Å². The number of nitrogens with two attached hydrogens (primary N) is 1. The Balaban J connectivity index is 1.96. The summed E-state index contributed by atoms with van der Waals surface area (Å²) in [6, 6.07) is 10.7. The number of aromatic hydroxyl groups is 1. The predicted octanol–water partition coefficient (Wildman–Crippen LogP) is 1.66. The zero-order valence-electron chi connectivity index (χ0n) is 17.2. The van der Waals surface area contributed by atoms with E-state index >= 15 is 0 Å². The smallest absolute Gasteiger partial charge is 0.258 e. The van der Waals surface area contributed by atoms with E-state index in [9.17, 15) is 19.5 Å². The average molecular weight is 436 g/mol. The first-order valence-electron chi connectivity index (χ1n) is 9.60. The van der Waals surface area contributed by atoms with Crippen molar-refractivity contribution in [2.24, 2.45) is 5.92 Å². The molecule has 0 radical (unpaired) electrons. The van der Waals surface area contributed by atoms with Crippen molar-refractivity contribution in [2.45, 2.75) is 5.92 Å². The van der Waals surface area contributed by atoms with Crippen LogP contribution in [0.4, 0.5) is 11.8 Å². The van der Waals surface area contributed by atoms with E-state index in [1.807, 2.05) is 0 Å². The third-order valence-corrected chi connectivity index (χ3v) is 5.36. The molecule has 2 aromatic carbocycles. The molecule has 2 heterocycles. The van der Waals surface area contributed by atoms with Crippen molar-refractivity contribution in [1.29, 1.82) is 0 Å². The van der Waals surface area contributed by atoms with Crippen LogP contribution >= 0.6 is 0 Å². The number of anilines is 2. The summed E-state index contributed by atoms with van der Waals surface area (Å²) in [6.07, 6.45) is 0. The van der Waals surface area contributed by atoms with Crippen LogP contribution < -0.4 is 26.1 Å². The molecule has 0 bridgehead atoms. The minimum atomic E-state index is -1.36. The minimum Gasteiger partial charge on any atom is -0.507 e. The molecule has 3 aromatic rings. The largest absolute Gasteiger partial charge is 0.507 e. The first-order chi connectivity index (χ1) is 15.3. The fourth-order valence-electron chi connectivity index (χ4n) is 3.92. The van der Waals surface area contributed by atoms with Crippen LogP contribution in [0.3, 0.4) is 0 Å². The second-order valence-corrected chi connectivity index (χ2v) is 7.15. The van der Waals surface area contributed by atoms with Gasteiger partial charge < -0.3 is 25.6 Å². The summed E-state index contributed by atoms with van der Waals surface area (Å²) in [5.74, 6) is -3.40. The molecule has 1 aliphatic heterocycles. The number of hydrogen-bond acceptors (Lipinski definition) is 8. The Bertz CT molecular complexity index is 1290. The molecule has 5 N–H and O–H groups in total. The van der Waals surface area contributed by atoms with Crippen molar-refractivity contribution in [2.75, 3.05) is 25.3 Å². The van der Waals surface area contributed by atoms with Gasteiger partial charge in [-0.15, -0.1) is 0 Å². The number of Topliss-reactive ketones (excluding diaryl/α,β-unsaturated/α-hetero) is 1. The van der Waals surface area contributed by atoms with Gasteiger partial charge >= 0.3 is 0 Å². The number of carbonyl (C=O) groups excluding carboxylic acids is 2. The highest BCUT2D eigenvalue weighted by Gasteiger charge is 2.45. The van der Waals surface area contributed by atoms with E-state index in [0.717, 1.165) is 0 Å². The van der Waals surface area contributed by atoms with E-state index in [1.54, 1.807) is 30.3 Å². The lowest BCUT2D eigenvalue weighted by atomic mass is 9.75. The zero-order valence-corrected chi connectivity index (χ0v) is 17.2. The molecule has 1 amide bonds. The molecule has 10 nitrogen and oxygen atoms in total. The number of nitrogens with one attached hydrogen (secondary N) is 2. The van der Waals surface area contributed by atoms with Gasteiger partial charge in [0.25, 0.3) is 5.56 Å². The lowest BCUT2D eigenvalue weighted by Crippen LogP contribution is -2.42. The number of amides is 1. The Morgan fingerprint density at radius 3 is 2.50 bits per heavy atom. The third-order valence-electron chi connectivity index (χ3n) is 5.36. The van der Waals surface area contributed by atoms with Crippen LogP contribution in [-0.4, -0.2) is 41.0 Å². The average Bonchev–Trinajstić information content (AvgIpc) is 2.77. The minimum absolute atomic E-state index is 0.0302. The van der Waals surface area contributed by atoms with Gasteiger partial charge in [-0.25, -0.2) is 0 Å². The Morgan fingerprint density at radius 1 is 1.09 bits per heavy atom. The van der Waals surface area contributed by atoms with Crippen LogP contribution in [-0.2, 0) is 4.79 Å². The van der Waals surface area contributed by atoms with E-state index < -0.39 is 29.1 Å². The maximum absolute atomic E-state index is 13.4. The number of aromatic amines is 1. The first kappa shape index (κ1) is 20.9. The Labute approximate surface area is 182 Å². The fourth-order valence-corrected chi connectivity index (χ4v) is 3.92. The van der Waals surface area contributed by atoms with Gasteiger partial charge in [0, 0.05) is 5.92 Å². The second-order valence-electron chi connectivity index (χ2n) is 7.15. The molecule has 4 rings (SSSR count). The van der Waals surface area contributed by atoms with Crippen molar-refractivity contribution in [3.8, 4) is 17.2 Å². The number of ether oxygens (including phenoxy) is 2. The molecule has 1 aromatic heterocycles. The number of phenolic OH excluding ortho intramolecular Hbond substituents is 1. The molecule has 32 heavy (non-hydrogen) atoms. The zero-order chi connectivity index (χ0) is 23.0. The summed E-state index contributed by atoms with van der Waals surface area (Å²) in [5, 5.41) is 12.7. The van der Waals surface area contributed by atoms with E-state index in [1.165, 1.54) is 26.4 Å². The summed E-state index contributed by atoms with van der Waals surface area (Å²) >= 11 is 0. The van der Waals surface area contributed by atoms with E-state index in [-0.39, 0.29) is 28.6 Å². The standard InChI is InChI=1S/C22H20N4O6/c1-31-13-8-7-10(9-14(13)32-2)15-16(18(28)11-5-3-4-6-12(11)27)20(29)24-19-17(15)21(30)26-22(23)25-19/h3-9,15-16,27H,1-2H3,(H4,23,24,25,26,29,30)/t15-,16-/m1/s1. The monoisotopic (exact) mass is 436 g/mol. The predicted molar refractivity (Wildman–Crippen MR) is 115 cm³/mol. The molecule has 0 aliphatic carbocycles. The molecular formula is C22H20N4O6. The summed E-state index contributed by atoms with van der Waals surface area (Å²) in [5.41, 5.74) is 5.53. The second kappa shape index (κ2) is 8.06. The Kier molecular flexibility index (Phi) is 5.27. The van der Waals surface area contributed by atoms with E-state index in [2.05, 4.69) is 15.3 Å². The number of phenols is 1. The molecule has 0 saturated carbocycles. The summed E-state index contributed by atoms with van der Waals surface area (Å²) in [7, 11) is 2.92. The Hall–Kier alpha value is -4.34. The number of aromatic nitrogens is 2. The normalized spacial score (nSPS) is 17.2. The van der Waals surface area contributed by atoms with Crippen molar-refractivity contribution in [3.05, 3.63) is 69.5 Å². The highest BCUT2D eigenvalue weighted by Crippen LogP contribution is 2.42. The molecule has 0 spiro atoms. The maximum atomic E-state index is 13.4. The van der Waals surface area contributed by atoms with Gasteiger partial charge in [0.1, 0.15) is 17.5 Å². The molecule has 2 atom stereocenters. The van der Waals surface area contributed by atoms with Gasteiger partial charge in [-0.3, -0.25) is 19.4 Å². The van der Waals surface area contributed by atoms with Crippen molar-refractivity contribution < 1.29 is 24.2 Å². The van der Waals surface area contributed by atoms with Crippen LogP contribution in [0.25, 0.3) is 0 Å². The van der Waals surface area contributed by atoms with Crippen LogP contribution in [0, 0.1) is 5.92 Å². The Morgan fingerprint density at radius 2 is 1.81 bits per heavy atom.